The van der Waals surface area contributed by atoms with E-state index in [-0.39, 0.29) is 6.42 Å². The fourth-order valence-corrected chi connectivity index (χ4v) is 2.46. The molecule has 0 saturated carbocycles. The molecule has 0 radical (unpaired) electrons. The van der Waals surface area contributed by atoms with Crippen molar-refractivity contribution in [2.75, 3.05) is 0 Å². The lowest BCUT2D eigenvalue weighted by Crippen LogP contribution is -2.33. The van der Waals surface area contributed by atoms with Gasteiger partial charge in [-0.25, -0.2) is 9.48 Å². The topological polar surface area (TPSA) is 89.7 Å². The van der Waals surface area contributed by atoms with E-state index in [1.807, 2.05) is 0 Å². The van der Waals surface area contributed by atoms with Gasteiger partial charge in [0.1, 0.15) is 11.3 Å². The van der Waals surface area contributed by atoms with E-state index < -0.39 is 17.6 Å². The molecule has 0 fully saturated rings. The number of furan rings is 1. The maximum atomic E-state index is 12.4. The van der Waals surface area contributed by atoms with Crippen molar-refractivity contribution in [1.82, 2.24) is 14.2 Å². The van der Waals surface area contributed by atoms with E-state index in [0.29, 0.717) is 16.9 Å². The summed E-state index contributed by atoms with van der Waals surface area (Å²) in [6, 6.07) is 2.39. The van der Waals surface area contributed by atoms with Crippen LogP contribution < -0.4 is 5.56 Å². The number of rotatable bonds is 3. The highest BCUT2D eigenvalue weighted by Crippen LogP contribution is 2.20. The molecule has 0 spiro atoms. The van der Waals surface area contributed by atoms with Crippen LogP contribution in [0.4, 0.5) is 0 Å². The van der Waals surface area contributed by atoms with Crippen LogP contribution >= 0.6 is 0 Å². The summed E-state index contributed by atoms with van der Waals surface area (Å²) in [7, 11) is 0. The molecule has 7 heteroatoms. The molecular weight excluding hydrogens is 262 g/mol. The van der Waals surface area contributed by atoms with Crippen LogP contribution in [-0.4, -0.2) is 25.3 Å². The van der Waals surface area contributed by atoms with E-state index in [0.717, 1.165) is 10.2 Å². The zero-order valence-corrected chi connectivity index (χ0v) is 11.0. The SMILES string of the molecule is CCC(C(=O)O)n1nc(C)n2c(cc3occc32)c1=O. The van der Waals surface area contributed by atoms with Gasteiger partial charge in [-0.1, -0.05) is 6.92 Å². The Hall–Kier alpha value is -2.57. The molecule has 7 nitrogen and oxygen atoms in total. The van der Waals surface area contributed by atoms with Gasteiger partial charge in [-0.15, -0.1) is 0 Å². The van der Waals surface area contributed by atoms with E-state index in [1.54, 1.807) is 30.4 Å². The highest BCUT2D eigenvalue weighted by atomic mass is 16.4. The van der Waals surface area contributed by atoms with E-state index >= 15 is 0 Å². The minimum Gasteiger partial charge on any atom is -0.480 e. The number of carbonyl (C=O) groups is 1. The monoisotopic (exact) mass is 275 g/mol. The summed E-state index contributed by atoms with van der Waals surface area (Å²) in [4.78, 5) is 23.7. The summed E-state index contributed by atoms with van der Waals surface area (Å²) in [5.41, 5.74) is 1.26. The van der Waals surface area contributed by atoms with Gasteiger partial charge in [0.15, 0.2) is 11.6 Å². The quantitative estimate of drug-likeness (QED) is 0.783. The number of hydrogen-bond donors (Lipinski definition) is 1. The van der Waals surface area contributed by atoms with Gasteiger partial charge < -0.3 is 9.52 Å². The second kappa shape index (κ2) is 4.22. The van der Waals surface area contributed by atoms with Crippen molar-refractivity contribution < 1.29 is 14.3 Å². The van der Waals surface area contributed by atoms with Crippen LogP contribution in [0.15, 0.2) is 27.6 Å². The number of aromatic nitrogens is 3. The Kier molecular flexibility index (Phi) is 2.63. The van der Waals surface area contributed by atoms with Crippen molar-refractivity contribution in [2.45, 2.75) is 26.3 Å². The van der Waals surface area contributed by atoms with Gasteiger partial charge in [0, 0.05) is 12.1 Å². The molecule has 0 saturated heterocycles. The van der Waals surface area contributed by atoms with Crippen LogP contribution in [0.2, 0.25) is 0 Å². The first-order valence-corrected chi connectivity index (χ1v) is 6.25. The molecule has 0 aliphatic carbocycles. The fraction of sp³-hybridized carbons (Fsp3) is 0.308. The van der Waals surface area contributed by atoms with Crippen LogP contribution in [-0.2, 0) is 4.79 Å². The largest absolute Gasteiger partial charge is 0.480 e. The third-order valence-corrected chi connectivity index (χ3v) is 3.39. The number of fused-ring (bicyclic) bond motifs is 3. The van der Waals surface area contributed by atoms with Gasteiger partial charge >= 0.3 is 5.97 Å². The van der Waals surface area contributed by atoms with Gasteiger partial charge in [-0.2, -0.15) is 5.10 Å². The van der Waals surface area contributed by atoms with Crippen LogP contribution in [0.5, 0.6) is 0 Å². The second-order valence-corrected chi connectivity index (χ2v) is 4.59. The summed E-state index contributed by atoms with van der Waals surface area (Å²) in [5, 5.41) is 13.3. The van der Waals surface area contributed by atoms with Gasteiger partial charge in [-0.3, -0.25) is 9.20 Å². The smallest absolute Gasteiger partial charge is 0.328 e. The molecule has 1 unspecified atom stereocenters. The number of aryl methyl sites for hydroxylation is 1. The molecule has 0 amide bonds. The van der Waals surface area contributed by atoms with E-state index in [2.05, 4.69) is 5.10 Å². The zero-order chi connectivity index (χ0) is 14.4. The van der Waals surface area contributed by atoms with Gasteiger partial charge in [0.05, 0.1) is 11.8 Å². The summed E-state index contributed by atoms with van der Waals surface area (Å²) >= 11 is 0. The van der Waals surface area contributed by atoms with Crippen LogP contribution in [0.25, 0.3) is 16.6 Å². The predicted octanol–water partition coefficient (Wildman–Crippen LogP) is 1.59. The van der Waals surface area contributed by atoms with Crippen molar-refractivity contribution >= 4 is 22.6 Å². The fourth-order valence-electron chi connectivity index (χ4n) is 2.46. The van der Waals surface area contributed by atoms with Crippen molar-refractivity contribution in [2.24, 2.45) is 0 Å². The van der Waals surface area contributed by atoms with Gasteiger partial charge in [0.2, 0.25) is 0 Å². The summed E-state index contributed by atoms with van der Waals surface area (Å²) in [6.07, 6.45) is 1.82. The Labute approximate surface area is 113 Å². The summed E-state index contributed by atoms with van der Waals surface area (Å²) < 4.78 is 7.98. The normalized spacial score (nSPS) is 13.1. The molecule has 3 aromatic heterocycles. The lowest BCUT2D eigenvalue weighted by Gasteiger charge is -2.13. The maximum absolute atomic E-state index is 12.4. The Morgan fingerprint density at radius 3 is 2.90 bits per heavy atom. The lowest BCUT2D eigenvalue weighted by atomic mass is 10.2. The van der Waals surface area contributed by atoms with E-state index in [9.17, 15) is 14.7 Å². The standard InChI is InChI=1S/C13H13N3O4/c1-3-8(13(18)19)16-12(17)10-6-11-9(4-5-20-11)15(10)7(2)14-16/h4-6,8H,3H2,1-2H3,(H,18,19). The minimum absolute atomic E-state index is 0.286. The second-order valence-electron chi connectivity index (χ2n) is 4.59. The number of aliphatic carboxylic acids is 1. The summed E-state index contributed by atoms with van der Waals surface area (Å²) in [6.45, 7) is 3.43. The molecule has 0 aliphatic heterocycles. The molecule has 0 bridgehead atoms. The van der Waals surface area contributed by atoms with Gasteiger partial charge in [-0.05, 0) is 13.3 Å². The molecule has 0 aliphatic rings. The van der Waals surface area contributed by atoms with Crippen LogP contribution in [0.1, 0.15) is 25.2 Å². The first kappa shape index (κ1) is 12.5. The van der Waals surface area contributed by atoms with Crippen molar-refractivity contribution in [3.8, 4) is 0 Å². The predicted molar refractivity (Wildman–Crippen MR) is 70.9 cm³/mol. The first-order chi connectivity index (χ1) is 9.54. The third-order valence-electron chi connectivity index (χ3n) is 3.39. The third kappa shape index (κ3) is 1.56. The first-order valence-electron chi connectivity index (χ1n) is 6.25. The minimum atomic E-state index is -1.07. The Balaban J connectivity index is 2.39. The zero-order valence-electron chi connectivity index (χ0n) is 11.0. The number of nitrogens with zero attached hydrogens (tertiary/aromatic N) is 3. The molecule has 20 heavy (non-hydrogen) atoms. The average Bonchev–Trinajstić information content (AvgIpc) is 2.95. The van der Waals surface area contributed by atoms with E-state index in [1.165, 1.54) is 6.26 Å². The Morgan fingerprint density at radius 1 is 1.50 bits per heavy atom. The summed E-state index contributed by atoms with van der Waals surface area (Å²) in [5.74, 6) is -0.531. The van der Waals surface area contributed by atoms with Crippen LogP contribution in [0.3, 0.4) is 0 Å². The van der Waals surface area contributed by atoms with Gasteiger partial charge in [0.25, 0.3) is 5.56 Å². The molecule has 104 valence electrons. The lowest BCUT2D eigenvalue weighted by molar-refractivity contribution is -0.141. The molecule has 3 aromatic rings. The van der Waals surface area contributed by atoms with Crippen LogP contribution in [0, 0.1) is 6.92 Å². The van der Waals surface area contributed by atoms with Crippen molar-refractivity contribution in [3.63, 3.8) is 0 Å². The molecule has 3 rings (SSSR count). The highest BCUT2D eigenvalue weighted by molar-refractivity contribution is 5.82. The average molecular weight is 275 g/mol. The molecule has 1 atom stereocenters. The number of carboxylic acid groups (broad SMARTS) is 1. The highest BCUT2D eigenvalue weighted by Gasteiger charge is 2.23. The molecule has 1 N–H and O–H groups in total. The Morgan fingerprint density at radius 2 is 2.25 bits per heavy atom. The number of hydrogen-bond acceptors (Lipinski definition) is 4. The van der Waals surface area contributed by atoms with Crippen molar-refractivity contribution in [3.05, 3.63) is 34.6 Å². The molecule has 3 heterocycles. The molecular formula is C13H13N3O4. The van der Waals surface area contributed by atoms with E-state index in [4.69, 9.17) is 4.42 Å². The maximum Gasteiger partial charge on any atom is 0.328 e. The Bertz CT molecular complexity index is 871. The number of carboxylic acids is 1. The van der Waals surface area contributed by atoms with Crippen molar-refractivity contribution in [1.29, 1.82) is 0 Å². The molecule has 0 aromatic carbocycles.